The summed E-state index contributed by atoms with van der Waals surface area (Å²) in [7, 11) is 0. The van der Waals surface area contributed by atoms with Gasteiger partial charge in [0, 0.05) is 18.5 Å². The fourth-order valence-corrected chi connectivity index (χ4v) is 4.06. The third kappa shape index (κ3) is 2.63. The van der Waals surface area contributed by atoms with E-state index < -0.39 is 0 Å². The van der Waals surface area contributed by atoms with Crippen molar-refractivity contribution in [3.63, 3.8) is 0 Å². The number of ketones is 1. The van der Waals surface area contributed by atoms with E-state index in [1.165, 1.54) is 0 Å². The number of carbonyl (C=O) groups is 1. The molecule has 1 N–H and O–H groups in total. The molecule has 4 nitrogen and oxygen atoms in total. The summed E-state index contributed by atoms with van der Waals surface area (Å²) >= 11 is 6.57. The number of carbonyl (C=O) groups excluding carboxylic acids is 1. The molecule has 116 valence electrons. The molecule has 0 amide bonds. The van der Waals surface area contributed by atoms with Crippen molar-refractivity contribution in [2.45, 2.75) is 39.2 Å². The Bertz CT molecular complexity index is 730. The van der Waals surface area contributed by atoms with Crippen LogP contribution in [0, 0.1) is 0 Å². The number of phenols is 1. The van der Waals surface area contributed by atoms with Gasteiger partial charge >= 0.3 is 0 Å². The number of fused-ring (bicyclic) bond motifs is 1. The van der Waals surface area contributed by atoms with Crippen molar-refractivity contribution in [1.29, 1.82) is 0 Å². The molecule has 0 saturated carbocycles. The number of imidazole rings is 1. The largest absolute Gasteiger partial charge is 0.506 e. The highest BCUT2D eigenvalue weighted by atomic mass is 79.9. The molecule has 1 aliphatic rings. The minimum absolute atomic E-state index is 0.0427. The quantitative estimate of drug-likeness (QED) is 0.745. The number of nitrogens with zero attached hydrogens (tertiary/aromatic N) is 2. The number of phenolic OH excluding ortho intramolecular Hbond substituents is 1. The number of aryl methyl sites for hydroxylation is 2. The highest BCUT2D eigenvalue weighted by Crippen LogP contribution is 2.34. The van der Waals surface area contributed by atoms with E-state index in [0.717, 1.165) is 43.7 Å². The second-order valence-electron chi connectivity index (χ2n) is 5.40. The molecule has 0 unspecified atom stereocenters. The van der Waals surface area contributed by atoms with Gasteiger partial charge in [-0.25, -0.2) is 4.98 Å². The number of hydrogen-bond acceptors (Lipinski definition) is 3. The minimum Gasteiger partial charge on any atom is -0.506 e. The minimum atomic E-state index is -0.0427. The summed E-state index contributed by atoms with van der Waals surface area (Å²) in [6.07, 6.45) is 3.88. The Morgan fingerprint density at radius 2 is 2.00 bits per heavy atom. The molecular formula is C16H16Br2N2O2. The second kappa shape index (κ2) is 6.16. The van der Waals surface area contributed by atoms with E-state index in [-0.39, 0.29) is 11.5 Å². The molecular weight excluding hydrogens is 412 g/mol. The van der Waals surface area contributed by atoms with Crippen LogP contribution in [0.3, 0.4) is 0 Å². The van der Waals surface area contributed by atoms with Gasteiger partial charge in [-0.05, 0) is 63.3 Å². The number of aromatic nitrogens is 2. The van der Waals surface area contributed by atoms with E-state index in [4.69, 9.17) is 0 Å². The standard InChI is InChI=1S/C16H16Br2N2O2/c1-2-12-14(20-6-4-3-5-13(20)19-12)15(21)9-7-10(17)16(22)11(18)8-9/h7-8,22H,2-6H2,1H3. The third-order valence-electron chi connectivity index (χ3n) is 3.98. The fourth-order valence-electron chi connectivity index (χ4n) is 2.87. The Balaban J connectivity index is 2.11. The number of aromatic hydroxyl groups is 1. The van der Waals surface area contributed by atoms with E-state index in [1.54, 1.807) is 12.1 Å². The normalized spacial score (nSPS) is 14.0. The van der Waals surface area contributed by atoms with Gasteiger partial charge in [-0.2, -0.15) is 0 Å². The summed E-state index contributed by atoms with van der Waals surface area (Å²) in [5, 5.41) is 9.81. The lowest BCUT2D eigenvalue weighted by Gasteiger charge is -2.16. The Kier molecular flexibility index (Phi) is 4.41. The van der Waals surface area contributed by atoms with Crippen LogP contribution in [-0.2, 0) is 19.4 Å². The van der Waals surface area contributed by atoms with Crippen LogP contribution in [0.2, 0.25) is 0 Å². The zero-order chi connectivity index (χ0) is 15.9. The molecule has 3 rings (SSSR count). The van der Waals surface area contributed by atoms with Crippen LogP contribution < -0.4 is 0 Å². The van der Waals surface area contributed by atoms with Gasteiger partial charge in [0.15, 0.2) is 0 Å². The van der Waals surface area contributed by atoms with Gasteiger partial charge in [-0.3, -0.25) is 4.79 Å². The Morgan fingerprint density at radius 1 is 1.32 bits per heavy atom. The number of hydrogen-bond donors (Lipinski definition) is 1. The second-order valence-corrected chi connectivity index (χ2v) is 7.11. The monoisotopic (exact) mass is 426 g/mol. The van der Waals surface area contributed by atoms with Gasteiger partial charge in [0.25, 0.3) is 0 Å². The molecule has 1 aromatic heterocycles. The summed E-state index contributed by atoms with van der Waals surface area (Å²) in [5.41, 5.74) is 2.10. The first-order chi connectivity index (χ1) is 10.5. The maximum absolute atomic E-state index is 13.0. The smallest absolute Gasteiger partial charge is 0.211 e. The van der Waals surface area contributed by atoms with Crippen LogP contribution in [0.5, 0.6) is 5.75 Å². The van der Waals surface area contributed by atoms with Gasteiger partial charge in [0.2, 0.25) is 5.78 Å². The van der Waals surface area contributed by atoms with Crippen molar-refractivity contribution in [3.05, 3.63) is 43.9 Å². The van der Waals surface area contributed by atoms with Crippen molar-refractivity contribution in [2.75, 3.05) is 0 Å². The van der Waals surface area contributed by atoms with Crippen molar-refractivity contribution >= 4 is 37.6 Å². The first kappa shape index (κ1) is 15.7. The lowest BCUT2D eigenvalue weighted by Crippen LogP contribution is -2.17. The number of benzene rings is 1. The lowest BCUT2D eigenvalue weighted by molar-refractivity contribution is 0.102. The van der Waals surface area contributed by atoms with E-state index >= 15 is 0 Å². The molecule has 1 aliphatic heterocycles. The maximum atomic E-state index is 13.0. The van der Waals surface area contributed by atoms with Crippen LogP contribution >= 0.6 is 31.9 Å². The zero-order valence-electron chi connectivity index (χ0n) is 12.2. The molecule has 0 atom stereocenters. The van der Waals surface area contributed by atoms with Crippen LogP contribution in [-0.4, -0.2) is 20.4 Å². The molecule has 0 radical (unpaired) electrons. The van der Waals surface area contributed by atoms with Crippen molar-refractivity contribution < 1.29 is 9.90 Å². The third-order valence-corrected chi connectivity index (χ3v) is 5.19. The average molecular weight is 428 g/mol. The molecule has 1 aromatic carbocycles. The number of halogens is 2. The van der Waals surface area contributed by atoms with Crippen LogP contribution in [0.4, 0.5) is 0 Å². The summed E-state index contributed by atoms with van der Waals surface area (Å²) in [6.45, 7) is 2.87. The number of rotatable bonds is 3. The van der Waals surface area contributed by atoms with Gasteiger partial charge in [-0.1, -0.05) is 6.92 Å². The molecule has 0 fully saturated rings. The predicted molar refractivity (Wildman–Crippen MR) is 91.5 cm³/mol. The highest BCUT2D eigenvalue weighted by Gasteiger charge is 2.25. The molecule has 0 aliphatic carbocycles. The summed E-state index contributed by atoms with van der Waals surface area (Å²) in [4.78, 5) is 17.6. The SMILES string of the molecule is CCc1nc2n(c1C(=O)c1cc(Br)c(O)c(Br)c1)CCCC2. The molecule has 0 spiro atoms. The summed E-state index contributed by atoms with van der Waals surface area (Å²) in [5.74, 6) is 1.07. The van der Waals surface area contributed by atoms with E-state index in [1.807, 2.05) is 6.92 Å². The van der Waals surface area contributed by atoms with E-state index in [0.29, 0.717) is 20.2 Å². The Morgan fingerprint density at radius 3 is 2.64 bits per heavy atom. The molecule has 6 heteroatoms. The maximum Gasteiger partial charge on any atom is 0.211 e. The zero-order valence-corrected chi connectivity index (χ0v) is 15.4. The van der Waals surface area contributed by atoms with Crippen LogP contribution in [0.1, 0.15) is 47.3 Å². The van der Waals surface area contributed by atoms with Gasteiger partial charge < -0.3 is 9.67 Å². The van der Waals surface area contributed by atoms with E-state index in [2.05, 4.69) is 41.4 Å². The fraction of sp³-hybridized carbons (Fsp3) is 0.375. The van der Waals surface area contributed by atoms with Crippen LogP contribution in [0.15, 0.2) is 21.1 Å². The van der Waals surface area contributed by atoms with Crippen molar-refractivity contribution in [3.8, 4) is 5.75 Å². The predicted octanol–water partition coefficient (Wildman–Crippen LogP) is 4.24. The average Bonchev–Trinajstić information content (AvgIpc) is 2.89. The van der Waals surface area contributed by atoms with Crippen LogP contribution in [0.25, 0.3) is 0 Å². The van der Waals surface area contributed by atoms with Gasteiger partial charge in [-0.15, -0.1) is 0 Å². The Labute approximate surface area is 145 Å². The highest BCUT2D eigenvalue weighted by molar-refractivity contribution is 9.11. The van der Waals surface area contributed by atoms with Crippen molar-refractivity contribution in [2.24, 2.45) is 0 Å². The summed E-state index contributed by atoms with van der Waals surface area (Å²) in [6, 6.07) is 3.31. The molecule has 0 bridgehead atoms. The topological polar surface area (TPSA) is 55.1 Å². The van der Waals surface area contributed by atoms with Gasteiger partial charge in [0.05, 0.1) is 14.6 Å². The molecule has 2 aromatic rings. The first-order valence-corrected chi connectivity index (χ1v) is 8.92. The lowest BCUT2D eigenvalue weighted by atomic mass is 10.0. The Hall–Kier alpha value is -1.14. The van der Waals surface area contributed by atoms with Crippen molar-refractivity contribution in [1.82, 2.24) is 9.55 Å². The summed E-state index contributed by atoms with van der Waals surface area (Å²) < 4.78 is 3.07. The molecule has 2 heterocycles. The van der Waals surface area contributed by atoms with Gasteiger partial charge in [0.1, 0.15) is 17.3 Å². The molecule has 0 saturated heterocycles. The first-order valence-electron chi connectivity index (χ1n) is 7.34. The molecule has 22 heavy (non-hydrogen) atoms. The van der Waals surface area contributed by atoms with E-state index in [9.17, 15) is 9.90 Å².